The van der Waals surface area contributed by atoms with E-state index in [9.17, 15) is 4.79 Å². The number of rotatable bonds is 4. The van der Waals surface area contributed by atoms with Crippen molar-refractivity contribution in [3.05, 3.63) is 90.3 Å². The molecule has 0 N–H and O–H groups in total. The molecule has 0 spiro atoms. The first-order valence-electron chi connectivity index (χ1n) is 6.98. The molecule has 0 bridgehead atoms. The van der Waals surface area contributed by atoms with Gasteiger partial charge >= 0.3 is 0 Å². The van der Waals surface area contributed by atoms with Crippen LogP contribution >= 0.6 is 0 Å². The van der Waals surface area contributed by atoms with Gasteiger partial charge in [-0.3, -0.25) is 4.79 Å². The van der Waals surface area contributed by atoms with Crippen molar-refractivity contribution in [1.29, 1.82) is 0 Å². The fourth-order valence-electron chi connectivity index (χ4n) is 2.15. The molecule has 2 aromatic carbocycles. The van der Waals surface area contributed by atoms with Crippen molar-refractivity contribution < 1.29 is 4.79 Å². The number of hydrogen-bond donors (Lipinski definition) is 0. The highest BCUT2D eigenvalue weighted by atomic mass is 16.1. The molecule has 0 atom stereocenters. The Balaban J connectivity index is 1.90. The molecule has 1 aromatic heterocycles. The third-order valence-electron chi connectivity index (χ3n) is 3.24. The predicted octanol–water partition coefficient (Wildman–Crippen LogP) is 4.04. The van der Waals surface area contributed by atoms with E-state index in [1.807, 2.05) is 42.5 Å². The lowest BCUT2D eigenvalue weighted by Crippen LogP contribution is -1.94. The van der Waals surface area contributed by atoms with E-state index in [-0.39, 0.29) is 5.78 Å². The molecule has 0 aliphatic heterocycles. The highest BCUT2D eigenvalue weighted by molar-refractivity contribution is 6.07. The summed E-state index contributed by atoms with van der Waals surface area (Å²) in [5, 5.41) is 0. The van der Waals surface area contributed by atoms with Crippen LogP contribution in [0.2, 0.25) is 0 Å². The van der Waals surface area contributed by atoms with E-state index in [0.717, 1.165) is 11.1 Å². The zero-order chi connectivity index (χ0) is 15.2. The monoisotopic (exact) mass is 286 g/mol. The minimum atomic E-state index is -0.0237. The summed E-state index contributed by atoms with van der Waals surface area (Å²) in [6, 6.07) is 18.7. The van der Waals surface area contributed by atoms with Crippen molar-refractivity contribution in [1.82, 2.24) is 9.97 Å². The van der Waals surface area contributed by atoms with Crippen LogP contribution < -0.4 is 0 Å². The van der Waals surface area contributed by atoms with Gasteiger partial charge in [-0.05, 0) is 17.7 Å². The predicted molar refractivity (Wildman–Crippen MR) is 87.3 cm³/mol. The zero-order valence-corrected chi connectivity index (χ0v) is 11.9. The van der Waals surface area contributed by atoms with Crippen molar-refractivity contribution in [2.45, 2.75) is 0 Å². The maximum atomic E-state index is 12.1. The van der Waals surface area contributed by atoms with Crippen molar-refractivity contribution in [2.24, 2.45) is 0 Å². The summed E-state index contributed by atoms with van der Waals surface area (Å²) in [7, 11) is 0. The van der Waals surface area contributed by atoms with Crippen LogP contribution in [0.5, 0.6) is 0 Å². The molecule has 22 heavy (non-hydrogen) atoms. The van der Waals surface area contributed by atoms with Gasteiger partial charge in [-0.25, -0.2) is 9.97 Å². The maximum absolute atomic E-state index is 12.1. The van der Waals surface area contributed by atoms with Crippen molar-refractivity contribution >= 4 is 11.9 Å². The minimum absolute atomic E-state index is 0.0237. The molecule has 0 radical (unpaired) electrons. The first-order valence-corrected chi connectivity index (χ1v) is 6.98. The third kappa shape index (κ3) is 3.15. The maximum Gasteiger partial charge on any atom is 0.185 e. The lowest BCUT2D eigenvalue weighted by molar-refractivity contribution is 0.104. The molecule has 0 saturated heterocycles. The lowest BCUT2D eigenvalue weighted by Gasteiger charge is -2.03. The molecular weight excluding hydrogens is 272 g/mol. The average molecular weight is 286 g/mol. The molecule has 3 aromatic rings. The van der Waals surface area contributed by atoms with Crippen molar-refractivity contribution in [2.75, 3.05) is 0 Å². The van der Waals surface area contributed by atoms with Gasteiger partial charge in [0.1, 0.15) is 0 Å². The number of carbonyl (C=O) groups is 1. The Morgan fingerprint density at radius 1 is 0.818 bits per heavy atom. The molecule has 0 amide bonds. The first-order chi connectivity index (χ1) is 10.8. The fraction of sp³-hybridized carbons (Fsp3) is 0. The van der Waals surface area contributed by atoms with E-state index in [2.05, 4.69) is 9.97 Å². The van der Waals surface area contributed by atoms with E-state index >= 15 is 0 Å². The quantitative estimate of drug-likeness (QED) is 0.537. The molecule has 0 aliphatic rings. The van der Waals surface area contributed by atoms with Gasteiger partial charge in [0.05, 0.1) is 0 Å². The van der Waals surface area contributed by atoms with E-state index in [1.165, 1.54) is 0 Å². The average Bonchev–Trinajstić information content (AvgIpc) is 2.61. The molecule has 0 aliphatic carbocycles. The topological polar surface area (TPSA) is 42.9 Å². The number of aromatic nitrogens is 2. The number of hydrogen-bond acceptors (Lipinski definition) is 3. The molecule has 106 valence electrons. The highest BCUT2D eigenvalue weighted by Gasteiger charge is 2.05. The molecule has 3 nitrogen and oxygen atoms in total. The van der Waals surface area contributed by atoms with Gasteiger partial charge < -0.3 is 0 Å². The number of carbonyl (C=O) groups excluding carboxylic acids is 1. The van der Waals surface area contributed by atoms with Crippen molar-refractivity contribution in [3.63, 3.8) is 0 Å². The molecule has 0 saturated carbocycles. The van der Waals surface area contributed by atoms with Crippen LogP contribution in [0.25, 0.3) is 17.5 Å². The molecule has 3 heteroatoms. The summed E-state index contributed by atoms with van der Waals surface area (Å²) in [6.07, 6.45) is 6.80. The summed E-state index contributed by atoms with van der Waals surface area (Å²) in [4.78, 5) is 20.7. The fourth-order valence-corrected chi connectivity index (χ4v) is 2.15. The number of nitrogens with zero attached hydrogens (tertiary/aromatic N) is 2. The molecule has 3 rings (SSSR count). The number of allylic oxidation sites excluding steroid dienone is 1. The summed E-state index contributed by atoms with van der Waals surface area (Å²) < 4.78 is 0. The smallest absolute Gasteiger partial charge is 0.185 e. The van der Waals surface area contributed by atoms with Gasteiger partial charge in [0.15, 0.2) is 11.6 Å². The van der Waals surface area contributed by atoms with Crippen LogP contribution in [0.1, 0.15) is 15.9 Å². The zero-order valence-electron chi connectivity index (χ0n) is 11.9. The van der Waals surface area contributed by atoms with Crippen LogP contribution in [-0.2, 0) is 0 Å². The molecular formula is C19H14N2O. The standard InChI is InChI=1S/C19H14N2O/c22-18(16-8-2-1-3-9-16)12-11-15-7-4-5-10-17(15)19-20-13-6-14-21-19/h1-14H/b12-11+. The SMILES string of the molecule is O=C(/C=C/c1ccccc1-c1ncccn1)c1ccccc1. The molecule has 0 fully saturated rings. The van der Waals surface area contributed by atoms with Crippen LogP contribution in [0.15, 0.2) is 79.1 Å². The second kappa shape index (κ2) is 6.59. The van der Waals surface area contributed by atoms with E-state index in [4.69, 9.17) is 0 Å². The Morgan fingerprint density at radius 2 is 1.50 bits per heavy atom. The van der Waals surface area contributed by atoms with Crippen LogP contribution in [0, 0.1) is 0 Å². The highest BCUT2D eigenvalue weighted by Crippen LogP contribution is 2.20. The van der Waals surface area contributed by atoms with Gasteiger partial charge in [0.2, 0.25) is 0 Å². The van der Waals surface area contributed by atoms with E-state index < -0.39 is 0 Å². The van der Waals surface area contributed by atoms with Crippen molar-refractivity contribution in [3.8, 4) is 11.4 Å². The normalized spacial score (nSPS) is 10.7. The lowest BCUT2D eigenvalue weighted by atomic mass is 10.0. The minimum Gasteiger partial charge on any atom is -0.289 e. The van der Waals surface area contributed by atoms with Crippen LogP contribution in [-0.4, -0.2) is 15.8 Å². The second-order valence-corrected chi connectivity index (χ2v) is 4.72. The molecule has 0 unspecified atom stereocenters. The first kappa shape index (κ1) is 13.9. The Labute approximate surface area is 129 Å². The van der Waals surface area contributed by atoms with Gasteiger partial charge in [-0.15, -0.1) is 0 Å². The Morgan fingerprint density at radius 3 is 2.27 bits per heavy atom. The van der Waals surface area contributed by atoms with Gasteiger partial charge in [0, 0.05) is 23.5 Å². The summed E-state index contributed by atoms with van der Waals surface area (Å²) in [6.45, 7) is 0. The third-order valence-corrected chi connectivity index (χ3v) is 3.24. The van der Waals surface area contributed by atoms with E-state index in [0.29, 0.717) is 11.4 Å². The van der Waals surface area contributed by atoms with E-state index in [1.54, 1.807) is 42.7 Å². The molecule has 1 heterocycles. The second-order valence-electron chi connectivity index (χ2n) is 4.72. The van der Waals surface area contributed by atoms with Gasteiger partial charge in [-0.1, -0.05) is 60.7 Å². The Kier molecular flexibility index (Phi) is 4.16. The summed E-state index contributed by atoms with van der Waals surface area (Å²) in [5.41, 5.74) is 2.49. The number of benzene rings is 2. The summed E-state index contributed by atoms with van der Waals surface area (Å²) >= 11 is 0. The Bertz CT molecular complexity index is 796. The number of ketones is 1. The van der Waals surface area contributed by atoms with Crippen LogP contribution in [0.4, 0.5) is 0 Å². The van der Waals surface area contributed by atoms with Gasteiger partial charge in [-0.2, -0.15) is 0 Å². The van der Waals surface area contributed by atoms with Crippen LogP contribution in [0.3, 0.4) is 0 Å². The largest absolute Gasteiger partial charge is 0.289 e. The van der Waals surface area contributed by atoms with Gasteiger partial charge in [0.25, 0.3) is 0 Å². The summed E-state index contributed by atoms with van der Waals surface area (Å²) in [5.74, 6) is 0.624. The Hall–Kier alpha value is -3.07.